The van der Waals surface area contributed by atoms with E-state index < -0.39 is 4.75 Å². The highest BCUT2D eigenvalue weighted by atomic mass is 32.2. The van der Waals surface area contributed by atoms with E-state index in [-0.39, 0.29) is 5.96 Å². The predicted molar refractivity (Wildman–Crippen MR) is 132 cm³/mol. The third kappa shape index (κ3) is 7.15. The van der Waals surface area contributed by atoms with Crippen molar-refractivity contribution in [3.63, 3.8) is 0 Å². The van der Waals surface area contributed by atoms with E-state index in [9.17, 15) is 4.79 Å². The molecule has 2 rings (SSSR count). The van der Waals surface area contributed by atoms with Crippen molar-refractivity contribution >= 4 is 47.2 Å². The van der Waals surface area contributed by atoms with Gasteiger partial charge >= 0.3 is 0 Å². The van der Waals surface area contributed by atoms with Gasteiger partial charge < -0.3 is 20.2 Å². The number of thioether (sulfide) groups is 1. The molecule has 0 aliphatic carbocycles. The zero-order valence-corrected chi connectivity index (χ0v) is 19.7. The number of hydrogen-bond acceptors (Lipinski definition) is 5. The number of nitrogens with two attached hydrogens (primary N) is 1. The molecule has 0 aliphatic heterocycles. The van der Waals surface area contributed by atoms with Crippen LogP contribution in [0.5, 0.6) is 0 Å². The molecule has 6 nitrogen and oxygen atoms in total. The second-order valence-electron chi connectivity index (χ2n) is 7.47. The summed E-state index contributed by atoms with van der Waals surface area (Å²) in [5.74, 6) is 1.13. The maximum absolute atomic E-state index is 11.3. The lowest BCUT2D eigenvalue weighted by Crippen LogP contribution is -2.38. The summed E-state index contributed by atoms with van der Waals surface area (Å²) < 4.78 is 4.02. The normalized spacial score (nSPS) is 11.8. The molecule has 30 heavy (non-hydrogen) atoms. The van der Waals surface area contributed by atoms with E-state index in [1.807, 2.05) is 37.8 Å². The molecule has 2 aromatic rings. The number of carbonyl (C=O) groups is 1. The van der Waals surface area contributed by atoms with Gasteiger partial charge in [-0.05, 0) is 43.7 Å². The monoisotopic (exact) mass is 430 g/mol. The minimum atomic E-state index is -0.520. The van der Waals surface area contributed by atoms with Gasteiger partial charge in [0, 0.05) is 25.8 Å². The third-order valence-electron chi connectivity index (χ3n) is 4.44. The van der Waals surface area contributed by atoms with E-state index in [1.165, 1.54) is 22.7 Å². The molecule has 2 aromatic carbocycles. The van der Waals surface area contributed by atoms with Crippen molar-refractivity contribution in [2.24, 2.45) is 15.9 Å². The maximum Gasteiger partial charge on any atom is 0.221 e. The van der Waals surface area contributed by atoms with Crippen LogP contribution in [0.15, 0.2) is 46.6 Å². The average molecular weight is 431 g/mol. The van der Waals surface area contributed by atoms with E-state index in [0.717, 1.165) is 24.0 Å². The van der Waals surface area contributed by atoms with Crippen molar-refractivity contribution in [2.75, 3.05) is 24.5 Å². The fraction of sp³-hybridized carbons (Fsp3) is 0.435. The average Bonchev–Trinajstić information content (AvgIpc) is 2.74. The number of rotatable bonds is 8. The summed E-state index contributed by atoms with van der Waals surface area (Å²) in [6, 6.07) is 12.4. The maximum atomic E-state index is 11.3. The molecule has 0 saturated carbocycles. The molecule has 0 bridgehead atoms. The topological polar surface area (TPSA) is 80.3 Å². The molecule has 0 atom stereocenters. The Hall–Kier alpha value is -2.38. The van der Waals surface area contributed by atoms with Gasteiger partial charge in [-0.15, -0.1) is 16.9 Å². The Bertz CT molecular complexity index is 863. The SMILES string of the molecule is C=N/N=C(/N)N(CSC(C)(C)C=O)c1ccc(C(C)C)c2ccccc12.CCOC. The zero-order chi connectivity index (χ0) is 22.7. The van der Waals surface area contributed by atoms with E-state index >= 15 is 0 Å². The first kappa shape index (κ1) is 25.7. The second kappa shape index (κ2) is 12.3. The van der Waals surface area contributed by atoms with Crippen LogP contribution in [-0.4, -0.2) is 43.3 Å². The van der Waals surface area contributed by atoms with Crippen LogP contribution >= 0.6 is 11.8 Å². The second-order valence-corrected chi connectivity index (χ2v) is 9.07. The molecule has 0 saturated heterocycles. The quantitative estimate of drug-likeness (QED) is 0.209. The van der Waals surface area contributed by atoms with Crippen LogP contribution in [0.1, 0.15) is 46.1 Å². The van der Waals surface area contributed by atoms with Gasteiger partial charge in [0.1, 0.15) is 6.29 Å². The number of carbonyl (C=O) groups excluding carboxylic acids is 1. The molecular weight excluding hydrogens is 396 g/mol. The van der Waals surface area contributed by atoms with Crippen LogP contribution in [0.2, 0.25) is 0 Å². The van der Waals surface area contributed by atoms with Crippen molar-refractivity contribution in [3.8, 4) is 0 Å². The lowest BCUT2D eigenvalue weighted by Gasteiger charge is -2.28. The summed E-state index contributed by atoms with van der Waals surface area (Å²) in [7, 11) is 1.68. The first-order valence-electron chi connectivity index (χ1n) is 9.89. The lowest BCUT2D eigenvalue weighted by molar-refractivity contribution is -0.109. The van der Waals surface area contributed by atoms with Crippen molar-refractivity contribution in [2.45, 2.75) is 45.3 Å². The Morgan fingerprint density at radius 1 is 1.27 bits per heavy atom. The third-order valence-corrected chi connectivity index (χ3v) is 5.66. The number of guanidine groups is 1. The molecule has 0 unspecified atom stereocenters. The number of aldehydes is 1. The van der Waals surface area contributed by atoms with Gasteiger partial charge in [0.2, 0.25) is 5.96 Å². The van der Waals surface area contributed by atoms with E-state index in [4.69, 9.17) is 5.73 Å². The molecule has 0 aromatic heterocycles. The molecular formula is C23H34N4O2S. The fourth-order valence-electron chi connectivity index (χ4n) is 2.70. The molecule has 0 aliphatic rings. The number of anilines is 1. The van der Waals surface area contributed by atoms with Gasteiger partial charge in [-0.2, -0.15) is 5.10 Å². The first-order valence-corrected chi connectivity index (χ1v) is 10.9. The Balaban J connectivity index is 0.00000103. The Kier molecular flexibility index (Phi) is 10.6. The zero-order valence-electron chi connectivity index (χ0n) is 18.9. The fourth-order valence-corrected chi connectivity index (χ4v) is 3.50. The highest BCUT2D eigenvalue weighted by Gasteiger charge is 2.22. The van der Waals surface area contributed by atoms with Crippen LogP contribution in [0.25, 0.3) is 10.8 Å². The molecule has 2 N–H and O–H groups in total. The van der Waals surface area contributed by atoms with Gasteiger partial charge in [-0.3, -0.25) is 0 Å². The number of benzene rings is 2. The Labute approximate surface area is 184 Å². The Morgan fingerprint density at radius 2 is 1.87 bits per heavy atom. The highest BCUT2D eigenvalue weighted by Crippen LogP contribution is 2.34. The molecule has 164 valence electrons. The molecule has 0 heterocycles. The van der Waals surface area contributed by atoms with Crippen molar-refractivity contribution in [3.05, 3.63) is 42.0 Å². The lowest BCUT2D eigenvalue weighted by atomic mass is 9.95. The predicted octanol–water partition coefficient (Wildman–Crippen LogP) is 5.02. The van der Waals surface area contributed by atoms with Crippen molar-refractivity contribution in [1.82, 2.24) is 0 Å². The number of hydrogen-bond donors (Lipinski definition) is 1. The van der Waals surface area contributed by atoms with Gasteiger partial charge in [0.25, 0.3) is 0 Å². The van der Waals surface area contributed by atoms with Gasteiger partial charge in [-0.25, -0.2) is 0 Å². The van der Waals surface area contributed by atoms with Crippen LogP contribution in [-0.2, 0) is 9.53 Å². The smallest absolute Gasteiger partial charge is 0.221 e. The summed E-state index contributed by atoms with van der Waals surface area (Å²) in [5, 5.41) is 9.76. The molecule has 0 radical (unpaired) electrons. The summed E-state index contributed by atoms with van der Waals surface area (Å²) in [4.78, 5) is 13.1. The van der Waals surface area contributed by atoms with E-state index in [0.29, 0.717) is 11.8 Å². The van der Waals surface area contributed by atoms with Crippen LogP contribution in [0.4, 0.5) is 5.69 Å². The van der Waals surface area contributed by atoms with Crippen LogP contribution in [0.3, 0.4) is 0 Å². The standard InChI is InChI=1S/C20H26N4OS.C3H8O/c1-14(2)15-10-11-18(17-9-7-6-8-16(15)17)24(19(21)23-22-5)13-26-20(3,4)12-25;1-3-4-2/h6-12,14H,5,13H2,1-4H3,(H2,21,23);3H2,1-2H3. The molecule has 0 spiro atoms. The number of ether oxygens (including phenoxy) is 1. The minimum Gasteiger partial charge on any atom is -0.385 e. The first-order chi connectivity index (χ1) is 14.2. The van der Waals surface area contributed by atoms with Crippen LogP contribution < -0.4 is 10.6 Å². The molecule has 0 amide bonds. The Morgan fingerprint density at radius 3 is 2.37 bits per heavy atom. The van der Waals surface area contributed by atoms with Crippen molar-refractivity contribution < 1.29 is 9.53 Å². The minimum absolute atomic E-state index is 0.247. The summed E-state index contributed by atoms with van der Waals surface area (Å²) in [6.45, 7) is 14.3. The number of fused-ring (bicyclic) bond motifs is 1. The summed E-state index contributed by atoms with van der Waals surface area (Å²) >= 11 is 1.49. The number of nitrogens with zero attached hydrogens (tertiary/aromatic N) is 3. The van der Waals surface area contributed by atoms with Crippen LogP contribution in [0, 0.1) is 0 Å². The highest BCUT2D eigenvalue weighted by molar-refractivity contribution is 8.01. The van der Waals surface area contributed by atoms with Gasteiger partial charge in [0.05, 0.1) is 16.3 Å². The summed E-state index contributed by atoms with van der Waals surface area (Å²) in [5.41, 5.74) is 8.38. The van der Waals surface area contributed by atoms with Gasteiger partial charge in [0.15, 0.2) is 0 Å². The molecule has 7 heteroatoms. The van der Waals surface area contributed by atoms with Crippen molar-refractivity contribution in [1.29, 1.82) is 0 Å². The van der Waals surface area contributed by atoms with E-state index in [1.54, 1.807) is 7.11 Å². The number of methoxy groups -OCH3 is 1. The molecule has 0 fully saturated rings. The van der Waals surface area contributed by atoms with E-state index in [2.05, 4.69) is 59.8 Å². The van der Waals surface area contributed by atoms with Gasteiger partial charge in [-0.1, -0.05) is 44.2 Å². The summed E-state index contributed by atoms with van der Waals surface area (Å²) in [6.07, 6.45) is 0.939. The largest absolute Gasteiger partial charge is 0.385 e.